The van der Waals surface area contributed by atoms with Gasteiger partial charge >= 0.3 is 0 Å². The minimum Gasteiger partial charge on any atom is -0.337 e. The molecule has 7 nitrogen and oxygen atoms in total. The summed E-state index contributed by atoms with van der Waals surface area (Å²) in [6.45, 7) is 0. The normalized spacial score (nSPS) is 21.8. The Balaban J connectivity index is 1.98. The largest absolute Gasteiger partial charge is 0.337 e. The predicted molar refractivity (Wildman–Crippen MR) is 106 cm³/mol. The van der Waals surface area contributed by atoms with Crippen LogP contribution in [0.25, 0.3) is 0 Å². The minimum absolute atomic E-state index is 0.149. The lowest BCUT2D eigenvalue weighted by atomic mass is 9.83. The third-order valence-corrected chi connectivity index (χ3v) is 5.68. The molecule has 0 heterocycles. The Morgan fingerprint density at radius 2 is 1.96 bits per heavy atom. The Labute approximate surface area is 167 Å². The van der Waals surface area contributed by atoms with Crippen molar-refractivity contribution in [2.24, 2.45) is 14.3 Å². The Morgan fingerprint density at radius 3 is 2.48 bits per heavy atom. The van der Waals surface area contributed by atoms with Crippen molar-refractivity contribution in [3.63, 3.8) is 0 Å². The highest BCUT2D eigenvalue weighted by Gasteiger charge is 2.30. The maximum atomic E-state index is 13.3. The van der Waals surface area contributed by atoms with Gasteiger partial charge in [0.25, 0.3) is 10.2 Å². The number of carbonyl (C=O) groups is 1. The molecule has 1 aromatic rings. The lowest BCUT2D eigenvalue weighted by Crippen LogP contribution is -2.43. The van der Waals surface area contributed by atoms with Gasteiger partial charge in [0, 0.05) is 17.6 Å². The van der Waals surface area contributed by atoms with Crippen LogP contribution in [-0.4, -0.2) is 26.1 Å². The van der Waals surface area contributed by atoms with Crippen LogP contribution in [0, 0.1) is 11.7 Å². The van der Waals surface area contributed by atoms with Crippen LogP contribution >= 0.6 is 38.8 Å². The van der Waals surface area contributed by atoms with Crippen molar-refractivity contribution in [1.29, 1.82) is 0 Å². The summed E-state index contributed by atoms with van der Waals surface area (Å²) in [7, 11) is -3.74. The average molecular weight is 547 g/mol. The Kier molecular flexibility index (Phi) is 7.31. The molecule has 0 unspecified atom stereocenters. The van der Waals surface area contributed by atoms with Crippen LogP contribution < -0.4 is 15.2 Å². The van der Waals surface area contributed by atoms with Crippen LogP contribution in [0.15, 0.2) is 25.9 Å². The molecule has 25 heavy (non-hydrogen) atoms. The number of Topliss-reactive ketones (excluding diaryl/α,β-unsaturated/α-hetero) is 1. The van der Waals surface area contributed by atoms with Gasteiger partial charge in [-0.1, -0.05) is 0 Å². The monoisotopic (exact) mass is 546 g/mol. The molecule has 1 aromatic carbocycles. The summed E-state index contributed by atoms with van der Waals surface area (Å²) in [5, 5.41) is 7.88. The molecule has 4 N–H and O–H groups in total. The summed E-state index contributed by atoms with van der Waals surface area (Å²) >= 11 is 4.83. The smallest absolute Gasteiger partial charge is 0.274 e. The second-order valence-electron chi connectivity index (χ2n) is 5.76. The van der Waals surface area contributed by atoms with Crippen molar-refractivity contribution in [2.75, 3.05) is 5.32 Å². The van der Waals surface area contributed by atoms with Gasteiger partial charge < -0.3 is 5.32 Å². The van der Waals surface area contributed by atoms with Crippen molar-refractivity contribution in [3.05, 3.63) is 28.5 Å². The molecule has 0 saturated heterocycles. The van der Waals surface area contributed by atoms with Gasteiger partial charge in [0.1, 0.15) is 5.82 Å². The molecular weight excluding hydrogens is 530 g/mol. The molecule has 0 aromatic heterocycles. The molecule has 1 saturated carbocycles. The molecule has 1 aliphatic carbocycles. The Bertz CT molecular complexity index is 782. The first-order valence-corrected chi connectivity index (χ1v) is 10.8. The first-order chi connectivity index (χ1) is 11.7. The number of benzene rings is 1. The van der Waals surface area contributed by atoms with E-state index < -0.39 is 16.0 Å². The zero-order valence-electron chi connectivity index (χ0n) is 13.0. The highest BCUT2D eigenvalue weighted by molar-refractivity contribution is 14.1. The van der Waals surface area contributed by atoms with Crippen molar-refractivity contribution in [2.45, 2.75) is 31.7 Å². The number of anilines is 1. The van der Waals surface area contributed by atoms with Gasteiger partial charge in [-0.3, -0.25) is 4.79 Å². The standard InChI is InChI=1S/C14H17BrFIN4O3S/c15-11-7-10(5-6-12(11)16)19-14(20-17)13(22)8-1-3-9(4-2-8)21-25(18,23)24/h5-9,21H,1-4H2,(H,19,20)(H2,18,23,24)/t8-,9-. The van der Waals surface area contributed by atoms with Crippen molar-refractivity contribution in [1.82, 2.24) is 4.72 Å². The lowest BCUT2D eigenvalue weighted by molar-refractivity contribution is -0.117. The first kappa shape index (κ1) is 20.7. The van der Waals surface area contributed by atoms with Crippen LogP contribution in [0.5, 0.6) is 0 Å². The predicted octanol–water partition coefficient (Wildman–Crippen LogP) is 2.67. The van der Waals surface area contributed by atoms with E-state index in [1.54, 1.807) is 22.9 Å². The van der Waals surface area contributed by atoms with E-state index in [9.17, 15) is 17.6 Å². The quantitative estimate of drug-likeness (QED) is 0.299. The number of ketones is 1. The molecule has 0 aliphatic heterocycles. The van der Waals surface area contributed by atoms with Crippen LogP contribution in [0.3, 0.4) is 0 Å². The summed E-state index contributed by atoms with van der Waals surface area (Å²) in [5.74, 6) is -0.611. The number of rotatable bonds is 5. The summed E-state index contributed by atoms with van der Waals surface area (Å²) in [6.07, 6.45) is 2.14. The number of amidine groups is 1. The fraction of sp³-hybridized carbons (Fsp3) is 0.429. The second-order valence-corrected chi connectivity index (χ2v) is 8.43. The molecule has 0 radical (unpaired) electrons. The van der Waals surface area contributed by atoms with Crippen molar-refractivity contribution in [3.8, 4) is 0 Å². The maximum absolute atomic E-state index is 13.3. The van der Waals surface area contributed by atoms with E-state index >= 15 is 0 Å². The van der Waals surface area contributed by atoms with Crippen molar-refractivity contribution < 1.29 is 17.6 Å². The van der Waals surface area contributed by atoms with E-state index in [2.05, 4.69) is 29.2 Å². The lowest BCUT2D eigenvalue weighted by Gasteiger charge is -2.27. The zero-order chi connectivity index (χ0) is 18.6. The summed E-state index contributed by atoms with van der Waals surface area (Å²) < 4.78 is 42.0. The molecule has 0 atom stereocenters. The van der Waals surface area contributed by atoms with Crippen molar-refractivity contribution >= 4 is 66.3 Å². The summed E-state index contributed by atoms with van der Waals surface area (Å²) in [4.78, 5) is 12.6. The Hall–Kier alpha value is -0.630. The molecule has 0 bridgehead atoms. The number of hydrogen-bond donors (Lipinski definition) is 3. The first-order valence-electron chi connectivity index (χ1n) is 7.45. The maximum Gasteiger partial charge on any atom is 0.274 e. The van der Waals surface area contributed by atoms with Gasteiger partial charge in [-0.05, 0) is 59.8 Å². The molecule has 1 aliphatic rings. The van der Waals surface area contributed by atoms with Gasteiger partial charge in [0.2, 0.25) is 5.78 Å². The number of nitrogens with one attached hydrogen (secondary N) is 2. The van der Waals surface area contributed by atoms with E-state index in [-0.39, 0.29) is 28.1 Å². The second kappa shape index (κ2) is 8.84. The molecular formula is C14H17BrFIN4O3S. The molecule has 0 spiro atoms. The number of carbonyl (C=O) groups excluding carboxylic acids is 1. The fourth-order valence-electron chi connectivity index (χ4n) is 2.73. The van der Waals surface area contributed by atoms with E-state index in [4.69, 9.17) is 5.14 Å². The fourth-order valence-corrected chi connectivity index (χ4v) is 4.17. The number of hydrogen-bond acceptors (Lipinski definition) is 4. The van der Waals surface area contributed by atoms with E-state index in [1.807, 2.05) is 0 Å². The molecule has 2 rings (SSSR count). The van der Waals surface area contributed by atoms with Crippen LogP contribution in [0.2, 0.25) is 0 Å². The Morgan fingerprint density at radius 1 is 1.32 bits per heavy atom. The van der Waals surface area contributed by atoms with Crippen LogP contribution in [0.1, 0.15) is 25.7 Å². The molecule has 138 valence electrons. The van der Waals surface area contributed by atoms with Crippen LogP contribution in [0.4, 0.5) is 10.1 Å². The van der Waals surface area contributed by atoms with E-state index in [0.29, 0.717) is 31.4 Å². The number of nitrogens with zero attached hydrogens (tertiary/aromatic N) is 1. The SMILES string of the molecule is NS(=O)(=O)N[C@H]1CC[C@H](C(=O)/C(=N/I)Nc2ccc(F)c(Br)c2)CC1. The summed E-state index contributed by atoms with van der Waals surface area (Å²) in [5.41, 5.74) is 0.543. The van der Waals surface area contributed by atoms with E-state index in [1.165, 1.54) is 18.2 Å². The minimum atomic E-state index is -3.74. The van der Waals surface area contributed by atoms with Gasteiger partial charge in [0.15, 0.2) is 5.84 Å². The van der Waals surface area contributed by atoms with Crippen LogP contribution in [-0.2, 0) is 15.0 Å². The highest BCUT2D eigenvalue weighted by atomic mass is 127. The summed E-state index contributed by atoms with van der Waals surface area (Å²) in [6, 6.07) is 4.07. The van der Waals surface area contributed by atoms with Gasteiger partial charge in [-0.15, -0.1) is 0 Å². The molecule has 1 fully saturated rings. The van der Waals surface area contributed by atoms with Gasteiger partial charge in [-0.25, -0.2) is 9.53 Å². The average Bonchev–Trinajstić information content (AvgIpc) is 2.54. The van der Waals surface area contributed by atoms with Gasteiger partial charge in [-0.2, -0.15) is 16.3 Å². The number of halogens is 3. The zero-order valence-corrected chi connectivity index (χ0v) is 17.6. The highest BCUT2D eigenvalue weighted by Crippen LogP contribution is 2.27. The topological polar surface area (TPSA) is 114 Å². The molecule has 0 amide bonds. The van der Waals surface area contributed by atoms with E-state index in [0.717, 1.165) is 0 Å². The third-order valence-electron chi connectivity index (χ3n) is 3.93. The van der Waals surface area contributed by atoms with Gasteiger partial charge in [0.05, 0.1) is 27.3 Å². The number of nitrogens with two attached hydrogens (primary N) is 1. The molecule has 11 heteroatoms. The third kappa shape index (κ3) is 6.24.